The molecule has 5 unspecified atom stereocenters. The zero-order valence-electron chi connectivity index (χ0n) is 18.8. The van der Waals surface area contributed by atoms with Crippen molar-refractivity contribution in [3.63, 3.8) is 0 Å². The summed E-state index contributed by atoms with van der Waals surface area (Å²) in [6.45, 7) is 1.24. The number of carbonyl (C=O) groups is 6. The number of hydrogen-bond acceptors (Lipinski definition) is 9. The molecule has 0 aliphatic heterocycles. The van der Waals surface area contributed by atoms with Crippen molar-refractivity contribution in [2.24, 2.45) is 11.5 Å². The van der Waals surface area contributed by atoms with Gasteiger partial charge in [0.1, 0.15) is 24.2 Å². The Morgan fingerprint density at radius 3 is 2.06 bits per heavy atom. The Bertz CT molecular complexity index is 920. The maximum absolute atomic E-state index is 12.9. The summed E-state index contributed by atoms with van der Waals surface area (Å²) in [5.41, 5.74) is 10.9. The number of nitrogens with two attached hydrogens (primary N) is 2. The lowest BCUT2D eigenvalue weighted by Crippen LogP contribution is -2.58. The SMILES string of the molecule is CC(O)C(N)C(=O)NC(CCC(=O)O)C(=O)NC(Cc1cnc[nH]1)C(=O)NC(CC(N)=O)C(=O)O. The van der Waals surface area contributed by atoms with Gasteiger partial charge in [-0.25, -0.2) is 9.78 Å². The minimum absolute atomic E-state index is 0.201. The highest BCUT2D eigenvalue weighted by Gasteiger charge is 2.32. The van der Waals surface area contributed by atoms with E-state index in [0.29, 0.717) is 5.69 Å². The maximum atomic E-state index is 12.9. The Labute approximate surface area is 198 Å². The van der Waals surface area contributed by atoms with Gasteiger partial charge < -0.3 is 47.7 Å². The highest BCUT2D eigenvalue weighted by Crippen LogP contribution is 2.05. The summed E-state index contributed by atoms with van der Waals surface area (Å²) in [6.07, 6.45) is -0.442. The predicted octanol–water partition coefficient (Wildman–Crippen LogP) is -4.06. The Kier molecular flexibility index (Phi) is 11.3. The quantitative estimate of drug-likeness (QED) is 0.112. The second kappa shape index (κ2) is 13.6. The predicted molar refractivity (Wildman–Crippen MR) is 116 cm³/mol. The van der Waals surface area contributed by atoms with E-state index in [4.69, 9.17) is 16.6 Å². The van der Waals surface area contributed by atoms with Crippen LogP contribution in [0, 0.1) is 0 Å². The van der Waals surface area contributed by atoms with E-state index in [9.17, 15) is 39.0 Å². The molecule has 4 amide bonds. The summed E-state index contributed by atoms with van der Waals surface area (Å²) >= 11 is 0. The number of aliphatic hydroxyl groups is 1. The summed E-state index contributed by atoms with van der Waals surface area (Å²) < 4.78 is 0. The summed E-state index contributed by atoms with van der Waals surface area (Å²) in [5.74, 6) is -6.70. The number of nitrogens with zero attached hydrogens (tertiary/aromatic N) is 1. The van der Waals surface area contributed by atoms with Gasteiger partial charge >= 0.3 is 11.9 Å². The summed E-state index contributed by atoms with van der Waals surface area (Å²) in [6, 6.07) is -5.97. The Balaban J connectivity index is 3.11. The minimum Gasteiger partial charge on any atom is -0.481 e. The molecule has 16 nitrogen and oxygen atoms in total. The number of aromatic amines is 1. The number of carbonyl (C=O) groups excluding carboxylic acids is 4. The number of nitrogens with one attached hydrogen (secondary N) is 4. The van der Waals surface area contributed by atoms with E-state index in [0.717, 1.165) is 0 Å². The van der Waals surface area contributed by atoms with Crippen molar-refractivity contribution >= 4 is 35.6 Å². The van der Waals surface area contributed by atoms with Crippen LogP contribution in [0.15, 0.2) is 12.5 Å². The Morgan fingerprint density at radius 1 is 1.00 bits per heavy atom. The number of carboxylic acid groups (broad SMARTS) is 2. The van der Waals surface area contributed by atoms with Crippen LogP contribution in [0.5, 0.6) is 0 Å². The fourth-order valence-corrected chi connectivity index (χ4v) is 2.80. The van der Waals surface area contributed by atoms with E-state index in [2.05, 4.69) is 25.9 Å². The molecule has 35 heavy (non-hydrogen) atoms. The minimum atomic E-state index is -1.67. The van der Waals surface area contributed by atoms with E-state index in [1.54, 1.807) is 0 Å². The highest BCUT2D eigenvalue weighted by molar-refractivity contribution is 5.95. The molecular formula is C19H29N7O9. The first kappa shape index (κ1) is 29.0. The van der Waals surface area contributed by atoms with Crippen LogP contribution in [0.4, 0.5) is 0 Å². The molecule has 0 radical (unpaired) electrons. The molecule has 0 aromatic carbocycles. The second-order valence-electron chi connectivity index (χ2n) is 7.67. The molecule has 1 aromatic rings. The van der Waals surface area contributed by atoms with Gasteiger partial charge in [-0.3, -0.25) is 24.0 Å². The monoisotopic (exact) mass is 499 g/mol. The fourth-order valence-electron chi connectivity index (χ4n) is 2.80. The molecule has 0 fully saturated rings. The topological polar surface area (TPSA) is 280 Å². The van der Waals surface area contributed by atoms with Gasteiger partial charge in [0.15, 0.2) is 0 Å². The van der Waals surface area contributed by atoms with E-state index in [-0.39, 0.29) is 12.8 Å². The van der Waals surface area contributed by atoms with Gasteiger partial charge in [0.05, 0.1) is 18.9 Å². The van der Waals surface area contributed by atoms with Crippen molar-refractivity contribution in [3.8, 4) is 0 Å². The number of aliphatic carboxylic acids is 2. The zero-order chi connectivity index (χ0) is 26.7. The first-order valence-electron chi connectivity index (χ1n) is 10.4. The van der Waals surface area contributed by atoms with Gasteiger partial charge in [0, 0.05) is 24.7 Å². The molecule has 0 spiro atoms. The lowest BCUT2D eigenvalue weighted by atomic mass is 10.1. The van der Waals surface area contributed by atoms with Crippen molar-refractivity contribution in [2.75, 3.05) is 0 Å². The normalized spacial score (nSPS) is 15.1. The van der Waals surface area contributed by atoms with Gasteiger partial charge in [-0.2, -0.15) is 0 Å². The molecule has 0 saturated carbocycles. The number of imidazole rings is 1. The van der Waals surface area contributed by atoms with Crippen LogP contribution >= 0.6 is 0 Å². The zero-order valence-corrected chi connectivity index (χ0v) is 18.8. The number of aromatic nitrogens is 2. The van der Waals surface area contributed by atoms with Crippen LogP contribution < -0.4 is 27.4 Å². The van der Waals surface area contributed by atoms with Gasteiger partial charge in [-0.1, -0.05) is 0 Å². The number of carboxylic acids is 2. The summed E-state index contributed by atoms with van der Waals surface area (Å²) in [4.78, 5) is 77.9. The molecule has 0 bridgehead atoms. The molecule has 194 valence electrons. The molecule has 1 rings (SSSR count). The average Bonchev–Trinajstić information content (AvgIpc) is 3.27. The molecular weight excluding hydrogens is 470 g/mol. The standard InChI is InChI=1S/C19H29N7O9/c1-8(27)15(21)18(33)24-10(2-3-14(29)30)16(31)25-11(4-9-6-22-7-23-9)17(32)26-12(19(34)35)5-13(20)28/h6-8,10-12,15,27H,2-5,21H2,1H3,(H2,20,28)(H,22,23)(H,24,33)(H,25,31)(H,26,32)(H,29,30)(H,34,35). The van der Waals surface area contributed by atoms with E-state index < -0.39 is 78.7 Å². The Hall–Kier alpha value is -4.05. The highest BCUT2D eigenvalue weighted by atomic mass is 16.4. The second-order valence-corrected chi connectivity index (χ2v) is 7.67. The molecule has 0 aliphatic rings. The van der Waals surface area contributed by atoms with E-state index in [1.807, 2.05) is 0 Å². The number of aliphatic hydroxyl groups excluding tert-OH is 1. The number of hydrogen-bond donors (Lipinski definition) is 9. The summed E-state index contributed by atoms with van der Waals surface area (Å²) in [5, 5.41) is 34.4. The summed E-state index contributed by atoms with van der Waals surface area (Å²) in [7, 11) is 0. The first-order valence-corrected chi connectivity index (χ1v) is 10.4. The van der Waals surface area contributed by atoms with Crippen LogP contribution in [0.2, 0.25) is 0 Å². The van der Waals surface area contributed by atoms with Crippen molar-refractivity contribution in [2.45, 2.75) is 62.9 Å². The molecule has 5 atom stereocenters. The number of amides is 4. The van der Waals surface area contributed by atoms with Crippen molar-refractivity contribution in [1.29, 1.82) is 0 Å². The third-order valence-electron chi connectivity index (χ3n) is 4.73. The van der Waals surface area contributed by atoms with Crippen LogP contribution in [0.25, 0.3) is 0 Å². The van der Waals surface area contributed by atoms with Crippen LogP contribution in [0.3, 0.4) is 0 Å². The smallest absolute Gasteiger partial charge is 0.326 e. The molecule has 0 saturated heterocycles. The number of primary amides is 1. The van der Waals surface area contributed by atoms with Crippen molar-refractivity contribution in [3.05, 3.63) is 18.2 Å². The molecule has 1 heterocycles. The van der Waals surface area contributed by atoms with Crippen LogP contribution in [-0.4, -0.2) is 91.1 Å². The third-order valence-corrected chi connectivity index (χ3v) is 4.73. The maximum Gasteiger partial charge on any atom is 0.326 e. The lowest BCUT2D eigenvalue weighted by Gasteiger charge is -2.25. The van der Waals surface area contributed by atoms with Crippen LogP contribution in [-0.2, 0) is 35.2 Å². The lowest BCUT2D eigenvalue weighted by molar-refractivity contribution is -0.143. The Morgan fingerprint density at radius 2 is 1.57 bits per heavy atom. The van der Waals surface area contributed by atoms with Crippen molar-refractivity contribution < 1.29 is 44.1 Å². The third kappa shape index (κ3) is 10.2. The first-order chi connectivity index (χ1) is 16.3. The van der Waals surface area contributed by atoms with E-state index >= 15 is 0 Å². The molecule has 11 N–H and O–H groups in total. The number of rotatable bonds is 15. The van der Waals surface area contributed by atoms with Gasteiger partial charge in [-0.15, -0.1) is 0 Å². The van der Waals surface area contributed by atoms with E-state index in [1.165, 1.54) is 19.4 Å². The number of H-pyrrole nitrogens is 1. The molecule has 0 aliphatic carbocycles. The largest absolute Gasteiger partial charge is 0.481 e. The van der Waals surface area contributed by atoms with Crippen LogP contribution in [0.1, 0.15) is 31.9 Å². The van der Waals surface area contributed by atoms with Gasteiger partial charge in [0.2, 0.25) is 23.6 Å². The van der Waals surface area contributed by atoms with Crippen molar-refractivity contribution in [1.82, 2.24) is 25.9 Å². The van der Waals surface area contributed by atoms with Gasteiger partial charge in [0.25, 0.3) is 0 Å². The van der Waals surface area contributed by atoms with Gasteiger partial charge in [-0.05, 0) is 13.3 Å². The average molecular weight is 499 g/mol. The molecule has 1 aromatic heterocycles. The fraction of sp³-hybridized carbons (Fsp3) is 0.526. The molecule has 16 heteroatoms.